The van der Waals surface area contributed by atoms with E-state index in [-0.39, 0.29) is 12.2 Å². The van der Waals surface area contributed by atoms with Crippen LogP contribution in [0.4, 0.5) is 0 Å². The lowest BCUT2D eigenvalue weighted by molar-refractivity contribution is -0.142. The van der Waals surface area contributed by atoms with Gasteiger partial charge in [-0.05, 0) is 11.1 Å². The molecule has 112 valence electrons. The SMILES string of the molecule is O=C=C(c1ccccc1)C(NOCc1ccccc1)C(=O)O. The fourth-order valence-electron chi connectivity index (χ4n) is 1.92. The highest BCUT2D eigenvalue weighted by atomic mass is 16.6. The molecule has 0 spiro atoms. The first-order valence-corrected chi connectivity index (χ1v) is 6.67. The molecule has 0 aliphatic heterocycles. The Morgan fingerprint density at radius 3 is 2.23 bits per heavy atom. The molecule has 2 rings (SSSR count). The van der Waals surface area contributed by atoms with E-state index in [1.54, 1.807) is 36.3 Å². The Morgan fingerprint density at radius 1 is 1.09 bits per heavy atom. The number of hydroxylamine groups is 1. The molecule has 0 saturated heterocycles. The Labute approximate surface area is 127 Å². The van der Waals surface area contributed by atoms with Crippen molar-refractivity contribution in [2.24, 2.45) is 0 Å². The Morgan fingerprint density at radius 2 is 1.68 bits per heavy atom. The summed E-state index contributed by atoms with van der Waals surface area (Å²) in [5, 5.41) is 9.29. The van der Waals surface area contributed by atoms with E-state index >= 15 is 0 Å². The zero-order valence-corrected chi connectivity index (χ0v) is 11.7. The fraction of sp³-hybridized carbons (Fsp3) is 0.118. The van der Waals surface area contributed by atoms with Gasteiger partial charge in [-0.1, -0.05) is 60.7 Å². The van der Waals surface area contributed by atoms with E-state index in [1.165, 1.54) is 0 Å². The van der Waals surface area contributed by atoms with Crippen molar-refractivity contribution in [2.45, 2.75) is 12.6 Å². The molecule has 0 amide bonds. The molecule has 0 aliphatic rings. The van der Waals surface area contributed by atoms with E-state index in [0.29, 0.717) is 5.56 Å². The number of rotatable bonds is 7. The van der Waals surface area contributed by atoms with Crippen LogP contribution in [0.2, 0.25) is 0 Å². The van der Waals surface area contributed by atoms with Crippen molar-refractivity contribution in [1.82, 2.24) is 5.48 Å². The van der Waals surface area contributed by atoms with Crippen molar-refractivity contribution >= 4 is 17.5 Å². The van der Waals surface area contributed by atoms with E-state index in [2.05, 4.69) is 5.48 Å². The van der Waals surface area contributed by atoms with Crippen LogP contribution < -0.4 is 5.48 Å². The predicted molar refractivity (Wildman–Crippen MR) is 81.3 cm³/mol. The van der Waals surface area contributed by atoms with Gasteiger partial charge in [-0.2, -0.15) is 5.48 Å². The van der Waals surface area contributed by atoms with Crippen molar-refractivity contribution in [3.05, 3.63) is 71.8 Å². The van der Waals surface area contributed by atoms with Gasteiger partial charge in [0.1, 0.15) is 5.94 Å². The number of carboxylic acid groups (broad SMARTS) is 1. The van der Waals surface area contributed by atoms with Crippen molar-refractivity contribution in [3.8, 4) is 0 Å². The third-order valence-corrected chi connectivity index (χ3v) is 3.01. The molecule has 5 heteroatoms. The lowest BCUT2D eigenvalue weighted by atomic mass is 10.0. The molecule has 0 bridgehead atoms. The highest BCUT2D eigenvalue weighted by molar-refractivity contribution is 6.01. The van der Waals surface area contributed by atoms with Gasteiger partial charge in [0.25, 0.3) is 0 Å². The first-order chi connectivity index (χ1) is 10.7. The molecule has 2 N–H and O–H groups in total. The number of carbonyl (C=O) groups excluding carboxylic acids is 1. The maximum absolute atomic E-state index is 11.4. The summed E-state index contributed by atoms with van der Waals surface area (Å²) in [7, 11) is 0. The van der Waals surface area contributed by atoms with Gasteiger partial charge in [0.15, 0.2) is 6.04 Å². The van der Waals surface area contributed by atoms with Gasteiger partial charge in [-0.15, -0.1) is 0 Å². The number of hydrogen-bond donors (Lipinski definition) is 2. The monoisotopic (exact) mass is 297 g/mol. The smallest absolute Gasteiger partial charge is 0.328 e. The second-order valence-electron chi connectivity index (χ2n) is 4.55. The second kappa shape index (κ2) is 7.90. The van der Waals surface area contributed by atoms with E-state index < -0.39 is 12.0 Å². The van der Waals surface area contributed by atoms with Crippen LogP contribution in [0.15, 0.2) is 60.7 Å². The number of benzene rings is 2. The van der Waals surface area contributed by atoms with Gasteiger partial charge in [0, 0.05) is 0 Å². The normalized spacial score (nSPS) is 11.5. The quantitative estimate of drug-likeness (QED) is 0.604. The first kappa shape index (κ1) is 15.7. The summed E-state index contributed by atoms with van der Waals surface area (Å²) in [5.41, 5.74) is 3.78. The fourth-order valence-corrected chi connectivity index (χ4v) is 1.92. The van der Waals surface area contributed by atoms with Crippen LogP contribution in [0.25, 0.3) is 5.57 Å². The maximum Gasteiger partial charge on any atom is 0.328 e. The van der Waals surface area contributed by atoms with Gasteiger partial charge in [-0.3, -0.25) is 9.63 Å². The van der Waals surface area contributed by atoms with Crippen LogP contribution >= 0.6 is 0 Å². The van der Waals surface area contributed by atoms with Crippen LogP contribution in [0.5, 0.6) is 0 Å². The largest absolute Gasteiger partial charge is 0.480 e. The minimum atomic E-state index is -1.29. The summed E-state index contributed by atoms with van der Waals surface area (Å²) >= 11 is 0. The number of nitrogens with one attached hydrogen (secondary N) is 1. The molecule has 0 heterocycles. The number of carbonyl (C=O) groups is 1. The van der Waals surface area contributed by atoms with Crippen LogP contribution in [-0.2, 0) is 21.0 Å². The molecule has 0 radical (unpaired) electrons. The standard InChI is InChI=1S/C17H15NO4/c19-11-15(14-9-5-2-6-10-14)16(17(20)21)18-22-12-13-7-3-1-4-8-13/h1-10,16,18H,12H2,(H,20,21). The Kier molecular flexibility index (Phi) is 5.63. The Bertz CT molecular complexity index is 664. The maximum atomic E-state index is 11.4. The van der Waals surface area contributed by atoms with Gasteiger partial charge < -0.3 is 5.11 Å². The van der Waals surface area contributed by atoms with E-state index in [4.69, 9.17) is 4.84 Å². The average molecular weight is 297 g/mol. The Balaban J connectivity index is 2.06. The van der Waals surface area contributed by atoms with Gasteiger partial charge >= 0.3 is 5.97 Å². The van der Waals surface area contributed by atoms with Crippen LogP contribution in [0.3, 0.4) is 0 Å². The molecule has 1 unspecified atom stereocenters. The molecule has 0 aromatic heterocycles. The molecule has 2 aromatic rings. The average Bonchev–Trinajstić information content (AvgIpc) is 2.56. The number of aliphatic carboxylic acids is 1. The molecule has 2 aromatic carbocycles. The summed E-state index contributed by atoms with van der Waals surface area (Å²) < 4.78 is 0. The summed E-state index contributed by atoms with van der Waals surface area (Å²) in [6, 6.07) is 16.5. The molecule has 0 aliphatic carbocycles. The predicted octanol–water partition coefficient (Wildman–Crippen LogP) is 2.08. The molecular formula is C17H15NO4. The lowest BCUT2D eigenvalue weighted by Gasteiger charge is -2.15. The molecule has 5 nitrogen and oxygen atoms in total. The van der Waals surface area contributed by atoms with E-state index in [0.717, 1.165) is 5.56 Å². The third kappa shape index (κ3) is 4.14. The highest BCUT2D eigenvalue weighted by Crippen LogP contribution is 2.16. The van der Waals surface area contributed by atoms with Crippen molar-refractivity contribution < 1.29 is 19.5 Å². The first-order valence-electron chi connectivity index (χ1n) is 6.67. The van der Waals surface area contributed by atoms with Gasteiger partial charge in [-0.25, -0.2) is 4.79 Å². The van der Waals surface area contributed by atoms with Crippen LogP contribution in [0, 0.1) is 0 Å². The van der Waals surface area contributed by atoms with Gasteiger partial charge in [0.2, 0.25) is 0 Å². The molecule has 0 saturated carbocycles. The summed E-state index contributed by atoms with van der Waals surface area (Å²) in [4.78, 5) is 27.8. The minimum absolute atomic E-state index is 0.0128. The van der Waals surface area contributed by atoms with Crippen molar-refractivity contribution in [2.75, 3.05) is 0 Å². The second-order valence-corrected chi connectivity index (χ2v) is 4.55. The number of carboxylic acids is 1. The molecule has 1 atom stereocenters. The highest BCUT2D eigenvalue weighted by Gasteiger charge is 2.25. The topological polar surface area (TPSA) is 75.6 Å². The lowest BCUT2D eigenvalue weighted by Crippen LogP contribution is -2.37. The van der Waals surface area contributed by atoms with Gasteiger partial charge in [0.05, 0.1) is 12.2 Å². The van der Waals surface area contributed by atoms with Crippen molar-refractivity contribution in [3.63, 3.8) is 0 Å². The molecule has 22 heavy (non-hydrogen) atoms. The zero-order chi connectivity index (χ0) is 15.8. The van der Waals surface area contributed by atoms with E-state index in [1.807, 2.05) is 30.3 Å². The third-order valence-electron chi connectivity index (χ3n) is 3.01. The number of hydrogen-bond acceptors (Lipinski definition) is 4. The summed E-state index contributed by atoms with van der Waals surface area (Å²) in [6.07, 6.45) is 0. The minimum Gasteiger partial charge on any atom is -0.480 e. The molecular weight excluding hydrogens is 282 g/mol. The van der Waals surface area contributed by atoms with Crippen LogP contribution in [0.1, 0.15) is 11.1 Å². The van der Waals surface area contributed by atoms with Crippen LogP contribution in [-0.4, -0.2) is 23.1 Å². The van der Waals surface area contributed by atoms with E-state index in [9.17, 15) is 14.7 Å². The summed E-state index contributed by atoms with van der Waals surface area (Å²) in [6.45, 7) is 0.186. The zero-order valence-electron chi connectivity index (χ0n) is 11.7. The summed E-state index contributed by atoms with van der Waals surface area (Å²) in [5.74, 6) is 0.479. The molecule has 0 fully saturated rings. The Hall–Kier alpha value is -2.72. The van der Waals surface area contributed by atoms with Crippen molar-refractivity contribution in [1.29, 1.82) is 0 Å².